The van der Waals surface area contributed by atoms with Crippen LogP contribution in [0.4, 0.5) is 0 Å². The average molecular weight is 472 g/mol. The third-order valence-electron chi connectivity index (χ3n) is 7.41. The highest BCUT2D eigenvalue weighted by atomic mass is 16.1. The molecule has 1 aromatic carbocycles. The quantitative estimate of drug-likeness (QED) is 0.375. The number of unbranched alkanes of at least 4 members (excludes halogenated alkanes) is 1. The molecule has 1 aliphatic rings. The van der Waals surface area contributed by atoms with Crippen LogP contribution in [0.2, 0.25) is 0 Å². The van der Waals surface area contributed by atoms with E-state index in [2.05, 4.69) is 64.7 Å². The smallest absolute Gasteiger partial charge is 0.296 e. The normalized spacial score (nSPS) is 17.6. The van der Waals surface area contributed by atoms with Crippen molar-refractivity contribution in [3.63, 3.8) is 0 Å². The summed E-state index contributed by atoms with van der Waals surface area (Å²) in [4.78, 5) is 18.1. The van der Waals surface area contributed by atoms with Crippen molar-refractivity contribution in [1.29, 1.82) is 0 Å². The molecule has 0 saturated heterocycles. The van der Waals surface area contributed by atoms with Crippen LogP contribution in [0.1, 0.15) is 63.8 Å². The summed E-state index contributed by atoms with van der Waals surface area (Å²) in [6, 6.07) is 10.4. The maximum absolute atomic E-state index is 13.7. The molecule has 3 aromatic heterocycles. The molecule has 35 heavy (non-hydrogen) atoms. The Balaban J connectivity index is 1.48. The van der Waals surface area contributed by atoms with Crippen molar-refractivity contribution < 1.29 is 0 Å². The number of rotatable bonds is 9. The number of hydrogen-bond donors (Lipinski definition) is 1. The molecule has 8 nitrogen and oxygen atoms in total. The molecule has 0 bridgehead atoms. The van der Waals surface area contributed by atoms with Crippen molar-refractivity contribution >= 4 is 0 Å². The lowest BCUT2D eigenvalue weighted by Crippen LogP contribution is -2.38. The fourth-order valence-corrected chi connectivity index (χ4v) is 5.23. The van der Waals surface area contributed by atoms with Crippen LogP contribution in [0.15, 0.2) is 53.7 Å². The zero-order valence-electron chi connectivity index (χ0n) is 20.7. The molecule has 3 heterocycles. The number of tetrazole rings is 1. The molecule has 4 aromatic rings. The Morgan fingerprint density at radius 1 is 1.11 bits per heavy atom. The molecule has 8 heteroatoms. The van der Waals surface area contributed by atoms with E-state index in [9.17, 15) is 4.79 Å². The van der Waals surface area contributed by atoms with Crippen LogP contribution < -0.4 is 5.69 Å². The highest BCUT2D eigenvalue weighted by Gasteiger charge is 2.36. The minimum atomic E-state index is 0.105. The SMILES string of the molecule is CCCCc1cn(C2CCC2C(C)C)c(=O)n1Cc1cnccc1-c1ccc(-c2nn[nH]n2)cc1. The summed E-state index contributed by atoms with van der Waals surface area (Å²) < 4.78 is 3.99. The summed E-state index contributed by atoms with van der Waals surface area (Å²) in [6.45, 7) is 7.24. The van der Waals surface area contributed by atoms with Crippen LogP contribution in [-0.2, 0) is 13.0 Å². The lowest BCUT2D eigenvalue weighted by atomic mass is 9.72. The first-order valence-electron chi connectivity index (χ1n) is 12.6. The summed E-state index contributed by atoms with van der Waals surface area (Å²) in [5.74, 6) is 1.73. The van der Waals surface area contributed by atoms with Crippen LogP contribution in [0.5, 0.6) is 0 Å². The zero-order chi connectivity index (χ0) is 24.4. The molecule has 182 valence electrons. The van der Waals surface area contributed by atoms with Crippen LogP contribution in [0, 0.1) is 11.8 Å². The second-order valence-electron chi connectivity index (χ2n) is 9.90. The van der Waals surface area contributed by atoms with Gasteiger partial charge in [-0.3, -0.25) is 14.1 Å². The number of benzene rings is 1. The van der Waals surface area contributed by atoms with Crippen LogP contribution >= 0.6 is 0 Å². The van der Waals surface area contributed by atoms with Gasteiger partial charge in [-0.05, 0) is 65.5 Å². The maximum atomic E-state index is 13.7. The van der Waals surface area contributed by atoms with Gasteiger partial charge in [-0.15, -0.1) is 10.2 Å². The van der Waals surface area contributed by atoms with Crippen LogP contribution in [0.25, 0.3) is 22.5 Å². The molecular formula is C27H33N7O. The number of aryl methyl sites for hydroxylation is 1. The second-order valence-corrected chi connectivity index (χ2v) is 9.90. The number of aromatic nitrogens is 7. The fourth-order valence-electron chi connectivity index (χ4n) is 5.23. The van der Waals surface area contributed by atoms with Crippen molar-refractivity contribution in [1.82, 2.24) is 34.7 Å². The Morgan fingerprint density at radius 2 is 1.91 bits per heavy atom. The van der Waals surface area contributed by atoms with E-state index in [0.717, 1.165) is 53.6 Å². The van der Waals surface area contributed by atoms with Gasteiger partial charge in [-0.25, -0.2) is 4.79 Å². The van der Waals surface area contributed by atoms with Crippen molar-refractivity contribution in [3.8, 4) is 22.5 Å². The number of H-pyrrole nitrogens is 1. The van der Waals surface area contributed by atoms with E-state index >= 15 is 0 Å². The third-order valence-corrected chi connectivity index (χ3v) is 7.41. The van der Waals surface area contributed by atoms with E-state index in [1.54, 1.807) is 6.20 Å². The Hall–Kier alpha value is -3.55. The number of hydrogen-bond acceptors (Lipinski definition) is 5. The highest BCUT2D eigenvalue weighted by molar-refractivity contribution is 5.69. The summed E-state index contributed by atoms with van der Waals surface area (Å²) in [5.41, 5.74) is 5.29. The van der Waals surface area contributed by atoms with Gasteiger partial charge in [-0.2, -0.15) is 5.21 Å². The average Bonchev–Trinajstić information content (AvgIpc) is 3.47. The molecule has 5 rings (SSSR count). The predicted octanol–water partition coefficient (Wildman–Crippen LogP) is 4.89. The molecule has 1 N–H and O–H groups in total. The molecule has 1 fully saturated rings. The Kier molecular flexibility index (Phi) is 6.61. The molecule has 0 amide bonds. The van der Waals surface area contributed by atoms with Gasteiger partial charge < -0.3 is 0 Å². The molecule has 2 unspecified atom stereocenters. The van der Waals surface area contributed by atoms with Crippen LogP contribution in [0.3, 0.4) is 0 Å². The second kappa shape index (κ2) is 9.98. The van der Waals surface area contributed by atoms with Crippen molar-refractivity contribution in [2.75, 3.05) is 0 Å². The van der Waals surface area contributed by atoms with Crippen molar-refractivity contribution in [2.24, 2.45) is 11.8 Å². The van der Waals surface area contributed by atoms with E-state index in [-0.39, 0.29) is 5.69 Å². The monoisotopic (exact) mass is 471 g/mol. The van der Waals surface area contributed by atoms with Gasteiger partial charge in [0.15, 0.2) is 0 Å². The number of nitrogens with zero attached hydrogens (tertiary/aromatic N) is 6. The van der Waals surface area contributed by atoms with E-state index in [1.807, 2.05) is 33.5 Å². The molecule has 1 saturated carbocycles. The number of imidazole rings is 1. The number of pyridine rings is 1. The van der Waals surface area contributed by atoms with Crippen molar-refractivity contribution in [3.05, 3.63) is 70.7 Å². The predicted molar refractivity (Wildman–Crippen MR) is 136 cm³/mol. The van der Waals surface area contributed by atoms with Gasteiger partial charge >= 0.3 is 5.69 Å². The highest BCUT2D eigenvalue weighted by Crippen LogP contribution is 2.42. The number of aromatic amines is 1. The Bertz CT molecular complexity index is 1320. The van der Waals surface area contributed by atoms with Gasteiger partial charge in [0.1, 0.15) is 0 Å². The molecule has 0 spiro atoms. The molecule has 1 aliphatic carbocycles. The van der Waals surface area contributed by atoms with E-state index in [4.69, 9.17) is 0 Å². The molecular weight excluding hydrogens is 438 g/mol. The largest absolute Gasteiger partial charge is 0.328 e. The van der Waals surface area contributed by atoms with E-state index in [0.29, 0.717) is 30.2 Å². The van der Waals surface area contributed by atoms with Gasteiger partial charge in [0.05, 0.1) is 6.54 Å². The first-order valence-corrected chi connectivity index (χ1v) is 12.6. The molecule has 0 radical (unpaired) electrons. The van der Waals surface area contributed by atoms with Gasteiger partial charge in [0, 0.05) is 35.9 Å². The first-order chi connectivity index (χ1) is 17.1. The third kappa shape index (κ3) is 4.57. The van der Waals surface area contributed by atoms with Crippen LogP contribution in [-0.4, -0.2) is 34.7 Å². The first kappa shape index (κ1) is 23.2. The summed E-state index contributed by atoms with van der Waals surface area (Å²) in [5, 5.41) is 14.2. The Morgan fingerprint density at radius 3 is 2.57 bits per heavy atom. The van der Waals surface area contributed by atoms with Crippen molar-refractivity contribution in [2.45, 2.75) is 65.5 Å². The summed E-state index contributed by atoms with van der Waals surface area (Å²) in [6.07, 6.45) is 11.2. The lowest BCUT2D eigenvalue weighted by molar-refractivity contribution is 0.125. The number of nitrogens with one attached hydrogen (secondary N) is 1. The standard InChI is InChI=1S/C27H33N7O/c1-4-5-6-22-17-34(25-12-11-23(25)18(2)3)27(35)33(22)16-21-15-28-14-13-24(21)19-7-9-20(10-8-19)26-29-31-32-30-26/h7-10,13-15,17-18,23,25H,4-6,11-12,16H2,1-3H3,(H,29,30,31,32). The van der Waals surface area contributed by atoms with E-state index < -0.39 is 0 Å². The summed E-state index contributed by atoms with van der Waals surface area (Å²) >= 11 is 0. The molecule has 2 atom stereocenters. The Labute approximate surface area is 205 Å². The maximum Gasteiger partial charge on any atom is 0.328 e. The van der Waals surface area contributed by atoms with Gasteiger partial charge in [0.25, 0.3) is 0 Å². The summed E-state index contributed by atoms with van der Waals surface area (Å²) in [7, 11) is 0. The van der Waals surface area contributed by atoms with Gasteiger partial charge in [0.2, 0.25) is 5.82 Å². The molecule has 0 aliphatic heterocycles. The zero-order valence-corrected chi connectivity index (χ0v) is 20.7. The van der Waals surface area contributed by atoms with Gasteiger partial charge in [-0.1, -0.05) is 51.5 Å². The minimum absolute atomic E-state index is 0.105. The van der Waals surface area contributed by atoms with E-state index in [1.165, 1.54) is 6.42 Å². The topological polar surface area (TPSA) is 94.3 Å². The minimum Gasteiger partial charge on any atom is -0.296 e. The fraction of sp³-hybridized carbons (Fsp3) is 0.444. The lowest BCUT2D eigenvalue weighted by Gasteiger charge is -2.39.